The molecule has 1 radical (unpaired) electrons. The summed E-state index contributed by atoms with van der Waals surface area (Å²) in [6, 6.07) is 0.438. The molecule has 0 aliphatic carbocycles. The molecule has 0 spiro atoms. The van der Waals surface area contributed by atoms with E-state index in [1.165, 1.54) is 0 Å². The molecular weight excluding hydrogens is 114 g/mol. The second-order valence-electron chi connectivity index (χ2n) is 2.37. The molecule has 0 aromatic rings. The van der Waals surface area contributed by atoms with Crippen LogP contribution in [0.1, 0.15) is 6.42 Å². The number of nitrogens with two attached hydrogens (primary N) is 1. The van der Waals surface area contributed by atoms with Gasteiger partial charge in [0, 0.05) is 25.7 Å². The van der Waals surface area contributed by atoms with Crippen LogP contribution in [-0.4, -0.2) is 32.2 Å². The second-order valence-corrected chi connectivity index (χ2v) is 2.37. The van der Waals surface area contributed by atoms with E-state index in [-0.39, 0.29) is 0 Å². The van der Waals surface area contributed by atoms with Crippen LogP contribution in [-0.2, 0) is 0 Å². The highest BCUT2D eigenvalue weighted by Crippen LogP contribution is 1.87. The largest absolute Gasteiger partial charge is 0.329 e. The van der Waals surface area contributed by atoms with E-state index < -0.39 is 0 Å². The average molecular weight is 128 g/mol. The first-order chi connectivity index (χ1) is 4.43. The molecule has 1 rings (SSSR count). The van der Waals surface area contributed by atoms with Crippen LogP contribution >= 0.6 is 0 Å². The smallest absolute Gasteiger partial charge is 0.0331 e. The van der Waals surface area contributed by atoms with Gasteiger partial charge < -0.3 is 11.1 Å². The Morgan fingerprint density at radius 3 is 3.33 bits per heavy atom. The van der Waals surface area contributed by atoms with E-state index in [4.69, 9.17) is 5.73 Å². The zero-order chi connectivity index (χ0) is 6.53. The standard InChI is InChI=1S/C6H14N3/c7-4-6-5-8-2-1-3-9-6/h6,9H,1-5,7H2. The highest BCUT2D eigenvalue weighted by molar-refractivity contribution is 4.73. The molecule has 0 saturated carbocycles. The zero-order valence-corrected chi connectivity index (χ0v) is 5.64. The molecule has 0 bridgehead atoms. The predicted molar refractivity (Wildman–Crippen MR) is 37.3 cm³/mol. The van der Waals surface area contributed by atoms with Gasteiger partial charge in [0.25, 0.3) is 0 Å². The monoisotopic (exact) mass is 128 g/mol. The van der Waals surface area contributed by atoms with Crippen molar-refractivity contribution in [3.8, 4) is 0 Å². The molecule has 9 heavy (non-hydrogen) atoms. The van der Waals surface area contributed by atoms with E-state index in [9.17, 15) is 0 Å². The Bertz CT molecular complexity index is 66.7. The van der Waals surface area contributed by atoms with Gasteiger partial charge in [-0.15, -0.1) is 0 Å². The third kappa shape index (κ3) is 2.30. The van der Waals surface area contributed by atoms with Gasteiger partial charge in [-0.25, -0.2) is 5.32 Å². The van der Waals surface area contributed by atoms with Crippen molar-refractivity contribution in [1.29, 1.82) is 0 Å². The Hall–Kier alpha value is -0.120. The van der Waals surface area contributed by atoms with E-state index in [1.807, 2.05) is 0 Å². The summed E-state index contributed by atoms with van der Waals surface area (Å²) in [6.45, 7) is 3.69. The van der Waals surface area contributed by atoms with Crippen LogP contribution in [0.5, 0.6) is 0 Å². The minimum absolute atomic E-state index is 0.438. The Kier molecular flexibility index (Phi) is 2.97. The number of hydrogen-bond acceptors (Lipinski definition) is 2. The molecule has 1 atom stereocenters. The fraction of sp³-hybridized carbons (Fsp3) is 1.00. The molecule has 1 aliphatic heterocycles. The summed E-state index contributed by atoms with van der Waals surface area (Å²) in [4.78, 5) is 0. The van der Waals surface area contributed by atoms with E-state index in [1.54, 1.807) is 0 Å². The average Bonchev–Trinajstić information content (AvgIpc) is 2.13. The quantitative estimate of drug-likeness (QED) is 0.471. The molecule has 0 aromatic heterocycles. The van der Waals surface area contributed by atoms with Gasteiger partial charge in [-0.05, 0) is 13.0 Å². The van der Waals surface area contributed by atoms with Crippen molar-refractivity contribution in [2.24, 2.45) is 5.73 Å². The molecule has 3 N–H and O–H groups in total. The summed E-state index contributed by atoms with van der Waals surface area (Å²) in [5.74, 6) is 0. The van der Waals surface area contributed by atoms with Crippen LogP contribution in [0.3, 0.4) is 0 Å². The molecule has 1 aliphatic rings. The van der Waals surface area contributed by atoms with E-state index in [0.717, 1.165) is 26.1 Å². The van der Waals surface area contributed by atoms with E-state index in [2.05, 4.69) is 10.6 Å². The summed E-state index contributed by atoms with van der Waals surface area (Å²) >= 11 is 0. The maximum absolute atomic E-state index is 5.45. The van der Waals surface area contributed by atoms with Gasteiger partial charge in [-0.1, -0.05) is 0 Å². The lowest BCUT2D eigenvalue weighted by Crippen LogP contribution is -2.39. The summed E-state index contributed by atoms with van der Waals surface area (Å²) in [5.41, 5.74) is 5.45. The van der Waals surface area contributed by atoms with Gasteiger partial charge in [0.15, 0.2) is 0 Å². The zero-order valence-electron chi connectivity index (χ0n) is 5.64. The molecule has 3 heteroatoms. The van der Waals surface area contributed by atoms with Crippen molar-refractivity contribution in [2.45, 2.75) is 12.5 Å². The van der Waals surface area contributed by atoms with Crippen molar-refractivity contribution in [1.82, 2.24) is 10.6 Å². The molecule has 53 valence electrons. The number of nitrogens with one attached hydrogen (secondary N) is 1. The van der Waals surface area contributed by atoms with E-state index in [0.29, 0.717) is 12.6 Å². The Morgan fingerprint density at radius 1 is 1.67 bits per heavy atom. The lowest BCUT2D eigenvalue weighted by Gasteiger charge is -2.10. The summed E-state index contributed by atoms with van der Waals surface area (Å²) in [5, 5.41) is 7.59. The van der Waals surface area contributed by atoms with Crippen LogP contribution in [0.25, 0.3) is 0 Å². The molecular formula is C6H14N3. The summed E-state index contributed by atoms with van der Waals surface area (Å²) < 4.78 is 0. The normalized spacial score (nSPS) is 29.7. The highest BCUT2D eigenvalue weighted by Gasteiger charge is 2.07. The summed E-state index contributed by atoms with van der Waals surface area (Å²) in [6.07, 6.45) is 1.16. The molecule has 1 saturated heterocycles. The lowest BCUT2D eigenvalue weighted by atomic mass is 10.3. The van der Waals surface area contributed by atoms with Crippen LogP contribution < -0.4 is 16.4 Å². The SMILES string of the molecule is NCC1C[N]CCCN1. The second kappa shape index (κ2) is 3.82. The van der Waals surface area contributed by atoms with Crippen molar-refractivity contribution >= 4 is 0 Å². The number of rotatable bonds is 1. The van der Waals surface area contributed by atoms with Gasteiger partial charge in [0.05, 0.1) is 0 Å². The first-order valence-electron chi connectivity index (χ1n) is 3.50. The van der Waals surface area contributed by atoms with Crippen LogP contribution in [0, 0.1) is 0 Å². The number of hydrogen-bond donors (Lipinski definition) is 2. The molecule has 3 nitrogen and oxygen atoms in total. The molecule has 0 amide bonds. The maximum Gasteiger partial charge on any atom is 0.0331 e. The topological polar surface area (TPSA) is 52.2 Å². The van der Waals surface area contributed by atoms with Crippen molar-refractivity contribution in [3.63, 3.8) is 0 Å². The third-order valence-corrected chi connectivity index (χ3v) is 1.56. The van der Waals surface area contributed by atoms with Gasteiger partial charge in [-0.3, -0.25) is 0 Å². The Balaban J connectivity index is 2.18. The van der Waals surface area contributed by atoms with Gasteiger partial charge in [0.2, 0.25) is 0 Å². The van der Waals surface area contributed by atoms with E-state index >= 15 is 0 Å². The lowest BCUT2D eigenvalue weighted by molar-refractivity contribution is 0.533. The third-order valence-electron chi connectivity index (χ3n) is 1.56. The minimum Gasteiger partial charge on any atom is -0.329 e. The predicted octanol–water partition coefficient (Wildman–Crippen LogP) is -1.09. The Morgan fingerprint density at radius 2 is 2.56 bits per heavy atom. The fourth-order valence-corrected chi connectivity index (χ4v) is 0.967. The van der Waals surface area contributed by atoms with Crippen molar-refractivity contribution in [2.75, 3.05) is 26.2 Å². The molecule has 1 unspecified atom stereocenters. The van der Waals surface area contributed by atoms with Crippen molar-refractivity contribution < 1.29 is 0 Å². The number of nitrogens with zero attached hydrogens (tertiary/aromatic N) is 1. The molecule has 0 aromatic carbocycles. The van der Waals surface area contributed by atoms with Crippen LogP contribution in [0.4, 0.5) is 0 Å². The fourth-order valence-electron chi connectivity index (χ4n) is 0.967. The summed E-state index contributed by atoms with van der Waals surface area (Å²) in [7, 11) is 0. The van der Waals surface area contributed by atoms with Crippen LogP contribution in [0.15, 0.2) is 0 Å². The molecule has 1 fully saturated rings. The maximum atomic E-state index is 5.45. The molecule has 1 heterocycles. The van der Waals surface area contributed by atoms with Gasteiger partial charge in [0.1, 0.15) is 0 Å². The van der Waals surface area contributed by atoms with Crippen LogP contribution in [0.2, 0.25) is 0 Å². The minimum atomic E-state index is 0.438. The van der Waals surface area contributed by atoms with Gasteiger partial charge in [-0.2, -0.15) is 0 Å². The first kappa shape index (κ1) is 6.99. The van der Waals surface area contributed by atoms with Crippen molar-refractivity contribution in [3.05, 3.63) is 0 Å². The highest BCUT2D eigenvalue weighted by atomic mass is 15.0. The first-order valence-corrected chi connectivity index (χ1v) is 3.50. The Labute approximate surface area is 56.0 Å². The van der Waals surface area contributed by atoms with Gasteiger partial charge >= 0.3 is 0 Å².